The molecule has 0 aliphatic heterocycles. The van der Waals surface area contributed by atoms with Gasteiger partial charge in [-0.25, -0.2) is 4.68 Å². The molecule has 0 aliphatic rings. The molecule has 0 unspecified atom stereocenters. The molecule has 0 N–H and O–H groups in total. The first-order valence-corrected chi connectivity index (χ1v) is 15.2. The van der Waals surface area contributed by atoms with Crippen LogP contribution >= 0.6 is 0 Å². The number of aromatic nitrogens is 2. The Kier molecular flexibility index (Phi) is 9.61. The van der Waals surface area contributed by atoms with Gasteiger partial charge in [0, 0.05) is 24.7 Å². The molecule has 5 nitrogen and oxygen atoms in total. The van der Waals surface area contributed by atoms with Crippen molar-refractivity contribution in [2.45, 2.75) is 58.7 Å². The summed E-state index contributed by atoms with van der Waals surface area (Å²) in [6.45, 7) is 6.39. The van der Waals surface area contributed by atoms with E-state index < -0.39 is 11.7 Å². The first kappa shape index (κ1) is 31.8. The number of methoxy groups -OCH3 is 1. The molecule has 45 heavy (non-hydrogen) atoms. The minimum absolute atomic E-state index is 0.00682. The third-order valence-electron chi connectivity index (χ3n) is 8.49. The molecule has 0 aliphatic carbocycles. The Morgan fingerprint density at radius 3 is 2.42 bits per heavy atom. The van der Waals surface area contributed by atoms with Gasteiger partial charge in [-0.2, -0.15) is 18.3 Å². The van der Waals surface area contributed by atoms with Crippen molar-refractivity contribution < 1.29 is 22.7 Å². The van der Waals surface area contributed by atoms with Gasteiger partial charge in [0.15, 0.2) is 0 Å². The second kappa shape index (κ2) is 13.6. The molecule has 0 bridgehead atoms. The predicted molar refractivity (Wildman–Crippen MR) is 172 cm³/mol. The minimum atomic E-state index is -4.39. The summed E-state index contributed by atoms with van der Waals surface area (Å²) < 4.78 is 47.1. The second-order valence-corrected chi connectivity index (χ2v) is 11.4. The van der Waals surface area contributed by atoms with Gasteiger partial charge in [-0.1, -0.05) is 60.7 Å². The van der Waals surface area contributed by atoms with Gasteiger partial charge in [0.2, 0.25) is 5.91 Å². The van der Waals surface area contributed by atoms with Gasteiger partial charge in [-0.3, -0.25) is 4.79 Å². The summed E-state index contributed by atoms with van der Waals surface area (Å²) in [5, 5.41) is 6.97. The average molecular weight is 614 g/mol. The smallest absolute Gasteiger partial charge is 0.416 e. The standard InChI is InChI=1S/C37H38F3N3O2/c1-25-35(27(3)43(41-25)33-15-8-16-34(24-33)45-4)19-20-36(44)42(21-9-11-28-10-7-14-32(22-28)37(38,39)40)26(2)30-18-17-29-12-5-6-13-31(29)23-30/h5-8,10,12-18,22-24,26H,9,11,19-21H2,1-4H3/t26-/m1/s1. The fourth-order valence-corrected chi connectivity index (χ4v) is 5.94. The molecule has 1 amide bonds. The van der Waals surface area contributed by atoms with Gasteiger partial charge >= 0.3 is 6.18 Å². The summed E-state index contributed by atoms with van der Waals surface area (Å²) in [5.74, 6) is 0.730. The molecule has 0 fully saturated rings. The molecule has 5 aromatic rings. The monoisotopic (exact) mass is 613 g/mol. The van der Waals surface area contributed by atoms with Gasteiger partial charge in [0.25, 0.3) is 0 Å². The zero-order chi connectivity index (χ0) is 32.1. The largest absolute Gasteiger partial charge is 0.497 e. The Bertz CT molecular complexity index is 1790. The van der Waals surface area contributed by atoms with Gasteiger partial charge in [0.05, 0.1) is 30.1 Å². The number of rotatable bonds is 11. The maximum atomic E-state index is 13.9. The maximum absolute atomic E-state index is 13.9. The van der Waals surface area contributed by atoms with Crippen molar-refractivity contribution in [2.24, 2.45) is 0 Å². The Balaban J connectivity index is 1.35. The number of fused-ring (bicyclic) bond motifs is 1. The van der Waals surface area contributed by atoms with Crippen LogP contribution in [0.25, 0.3) is 16.5 Å². The summed E-state index contributed by atoms with van der Waals surface area (Å²) in [7, 11) is 1.63. The number of hydrogen-bond acceptors (Lipinski definition) is 3. The van der Waals surface area contributed by atoms with Crippen LogP contribution in [0.4, 0.5) is 13.2 Å². The van der Waals surface area contributed by atoms with E-state index in [1.54, 1.807) is 13.2 Å². The summed E-state index contributed by atoms with van der Waals surface area (Å²) in [6, 6.07) is 27.2. The van der Waals surface area contributed by atoms with Crippen LogP contribution in [0, 0.1) is 13.8 Å². The lowest BCUT2D eigenvalue weighted by molar-refractivity contribution is -0.137. The van der Waals surface area contributed by atoms with Crippen molar-refractivity contribution in [3.05, 3.63) is 125 Å². The van der Waals surface area contributed by atoms with E-state index >= 15 is 0 Å². The predicted octanol–water partition coefficient (Wildman–Crippen LogP) is 8.82. The molecule has 1 aromatic heterocycles. The van der Waals surface area contributed by atoms with E-state index in [4.69, 9.17) is 9.84 Å². The molecule has 0 spiro atoms. The van der Waals surface area contributed by atoms with Crippen LogP contribution in [0.15, 0.2) is 91.0 Å². The van der Waals surface area contributed by atoms with E-state index in [0.717, 1.165) is 50.8 Å². The van der Waals surface area contributed by atoms with Crippen LogP contribution in [0.2, 0.25) is 0 Å². The van der Waals surface area contributed by atoms with Crippen LogP contribution in [0.3, 0.4) is 0 Å². The highest BCUT2D eigenvalue weighted by Gasteiger charge is 2.30. The molecule has 4 aromatic carbocycles. The average Bonchev–Trinajstić information content (AvgIpc) is 3.33. The lowest BCUT2D eigenvalue weighted by Gasteiger charge is -2.30. The number of nitrogens with zero attached hydrogens (tertiary/aromatic N) is 3. The summed E-state index contributed by atoms with van der Waals surface area (Å²) in [4.78, 5) is 15.8. The molecule has 0 saturated carbocycles. The Labute approximate surface area is 262 Å². The molecule has 8 heteroatoms. The number of amides is 1. The number of ether oxygens (including phenoxy) is 1. The first-order chi connectivity index (χ1) is 21.5. The Morgan fingerprint density at radius 2 is 1.67 bits per heavy atom. The number of carbonyl (C=O) groups is 1. The quantitative estimate of drug-likeness (QED) is 0.150. The van der Waals surface area contributed by atoms with Crippen molar-refractivity contribution in [2.75, 3.05) is 13.7 Å². The maximum Gasteiger partial charge on any atom is 0.416 e. The number of hydrogen-bond donors (Lipinski definition) is 0. The Morgan fingerprint density at radius 1 is 0.911 bits per heavy atom. The van der Waals surface area contributed by atoms with Crippen LogP contribution in [0.1, 0.15) is 59.4 Å². The zero-order valence-electron chi connectivity index (χ0n) is 26.1. The molecular weight excluding hydrogens is 575 g/mol. The van der Waals surface area contributed by atoms with E-state index in [2.05, 4.69) is 24.3 Å². The van der Waals surface area contributed by atoms with Crippen molar-refractivity contribution in [3.8, 4) is 11.4 Å². The number of aryl methyl sites for hydroxylation is 2. The zero-order valence-corrected chi connectivity index (χ0v) is 26.1. The fraction of sp³-hybridized carbons (Fsp3) is 0.297. The van der Waals surface area contributed by atoms with Crippen LogP contribution in [-0.2, 0) is 23.8 Å². The lowest BCUT2D eigenvalue weighted by atomic mass is 10.00. The van der Waals surface area contributed by atoms with E-state index in [1.807, 2.05) is 72.8 Å². The highest BCUT2D eigenvalue weighted by atomic mass is 19.4. The number of benzene rings is 4. The third kappa shape index (κ3) is 7.39. The molecule has 0 radical (unpaired) electrons. The minimum Gasteiger partial charge on any atom is -0.497 e. The first-order valence-electron chi connectivity index (χ1n) is 15.2. The number of alkyl halides is 3. The lowest BCUT2D eigenvalue weighted by Crippen LogP contribution is -2.35. The highest BCUT2D eigenvalue weighted by molar-refractivity contribution is 5.83. The Hall–Kier alpha value is -4.59. The van der Waals surface area contributed by atoms with Crippen LogP contribution in [-0.4, -0.2) is 34.2 Å². The molecule has 0 saturated heterocycles. The molecule has 5 rings (SSSR count). The normalized spacial score (nSPS) is 12.3. The fourth-order valence-electron chi connectivity index (χ4n) is 5.94. The van der Waals surface area contributed by atoms with E-state index in [-0.39, 0.29) is 18.4 Å². The summed E-state index contributed by atoms with van der Waals surface area (Å²) in [6.07, 6.45) is -2.61. The number of carbonyl (C=O) groups excluding carboxylic acids is 1. The highest BCUT2D eigenvalue weighted by Crippen LogP contribution is 2.31. The van der Waals surface area contributed by atoms with Crippen LogP contribution in [0.5, 0.6) is 5.75 Å². The molecule has 1 heterocycles. The molecule has 1 atom stereocenters. The number of halogens is 3. The third-order valence-corrected chi connectivity index (χ3v) is 8.49. The summed E-state index contributed by atoms with van der Waals surface area (Å²) >= 11 is 0. The van der Waals surface area contributed by atoms with E-state index in [0.29, 0.717) is 31.4 Å². The van der Waals surface area contributed by atoms with Gasteiger partial charge in [-0.15, -0.1) is 0 Å². The van der Waals surface area contributed by atoms with Crippen molar-refractivity contribution in [1.82, 2.24) is 14.7 Å². The van der Waals surface area contributed by atoms with Gasteiger partial charge in [-0.05, 0) is 91.8 Å². The van der Waals surface area contributed by atoms with Crippen molar-refractivity contribution in [1.29, 1.82) is 0 Å². The second-order valence-electron chi connectivity index (χ2n) is 11.4. The van der Waals surface area contributed by atoms with Crippen molar-refractivity contribution in [3.63, 3.8) is 0 Å². The van der Waals surface area contributed by atoms with Crippen LogP contribution < -0.4 is 4.74 Å². The summed E-state index contributed by atoms with van der Waals surface area (Å²) in [5.41, 5.74) is 4.69. The van der Waals surface area contributed by atoms with Gasteiger partial charge < -0.3 is 9.64 Å². The molecular formula is C37H38F3N3O2. The molecule has 234 valence electrons. The SMILES string of the molecule is COc1cccc(-n2nc(C)c(CCC(=O)N(CCCc3cccc(C(F)(F)F)c3)[C@H](C)c3ccc4ccccc4c3)c2C)c1. The van der Waals surface area contributed by atoms with E-state index in [1.165, 1.54) is 12.1 Å². The van der Waals surface area contributed by atoms with Gasteiger partial charge in [0.1, 0.15) is 5.75 Å². The van der Waals surface area contributed by atoms with Crippen molar-refractivity contribution >= 4 is 16.7 Å². The van der Waals surface area contributed by atoms with E-state index in [9.17, 15) is 18.0 Å². The topological polar surface area (TPSA) is 47.4 Å².